The van der Waals surface area contributed by atoms with Gasteiger partial charge in [-0.15, -0.1) is 0 Å². The Balaban J connectivity index is 2.27. The first-order valence-electron chi connectivity index (χ1n) is 6.60. The summed E-state index contributed by atoms with van der Waals surface area (Å²) in [5.74, 6) is -1.15. The first kappa shape index (κ1) is 15.0. The number of ether oxygens (including phenoxy) is 1. The van der Waals surface area contributed by atoms with E-state index in [-0.39, 0.29) is 18.6 Å². The van der Waals surface area contributed by atoms with E-state index in [0.29, 0.717) is 18.8 Å². The monoisotopic (exact) mass is 257 g/mol. The van der Waals surface area contributed by atoms with Gasteiger partial charge in [0, 0.05) is 13.2 Å². The molecular formula is C13H23NO4. The third-order valence-electron chi connectivity index (χ3n) is 3.09. The average molecular weight is 257 g/mol. The Morgan fingerprint density at radius 1 is 1.44 bits per heavy atom. The standard InChI is InChI=1S/C13H23NO4/c1-9(2)6-10(13(16)17)8-14-12(15)7-11-4-3-5-18-11/h9-11H,3-8H2,1-2H3,(H,14,15)(H,16,17). The van der Waals surface area contributed by atoms with Gasteiger partial charge in [-0.2, -0.15) is 0 Å². The predicted molar refractivity (Wildman–Crippen MR) is 67.2 cm³/mol. The van der Waals surface area contributed by atoms with E-state index in [1.165, 1.54) is 0 Å². The zero-order chi connectivity index (χ0) is 13.5. The van der Waals surface area contributed by atoms with Crippen molar-refractivity contribution < 1.29 is 19.4 Å². The number of hydrogen-bond donors (Lipinski definition) is 2. The van der Waals surface area contributed by atoms with Gasteiger partial charge in [0.2, 0.25) is 5.91 Å². The Hall–Kier alpha value is -1.10. The average Bonchev–Trinajstić information content (AvgIpc) is 2.76. The Bertz CT molecular complexity index is 285. The van der Waals surface area contributed by atoms with Crippen LogP contribution in [-0.2, 0) is 14.3 Å². The van der Waals surface area contributed by atoms with Gasteiger partial charge in [-0.25, -0.2) is 0 Å². The van der Waals surface area contributed by atoms with Gasteiger partial charge in [0.15, 0.2) is 0 Å². The molecule has 1 amide bonds. The second kappa shape index (κ2) is 7.36. The molecule has 1 fully saturated rings. The molecule has 5 heteroatoms. The van der Waals surface area contributed by atoms with Crippen LogP contribution in [0.3, 0.4) is 0 Å². The molecule has 0 aromatic carbocycles. The molecule has 0 saturated carbocycles. The number of nitrogens with one attached hydrogen (secondary N) is 1. The van der Waals surface area contributed by atoms with Gasteiger partial charge < -0.3 is 15.2 Å². The maximum absolute atomic E-state index is 11.6. The molecule has 5 nitrogen and oxygen atoms in total. The number of carboxylic acid groups (broad SMARTS) is 1. The van der Waals surface area contributed by atoms with Crippen LogP contribution < -0.4 is 5.32 Å². The van der Waals surface area contributed by atoms with E-state index in [1.807, 2.05) is 13.8 Å². The lowest BCUT2D eigenvalue weighted by atomic mass is 9.97. The topological polar surface area (TPSA) is 75.6 Å². The van der Waals surface area contributed by atoms with Crippen LogP contribution >= 0.6 is 0 Å². The summed E-state index contributed by atoms with van der Waals surface area (Å²) in [5, 5.41) is 11.7. The Morgan fingerprint density at radius 3 is 2.67 bits per heavy atom. The van der Waals surface area contributed by atoms with Crippen LogP contribution in [0.2, 0.25) is 0 Å². The minimum atomic E-state index is -0.846. The van der Waals surface area contributed by atoms with E-state index >= 15 is 0 Å². The van der Waals surface area contributed by atoms with Crippen molar-refractivity contribution in [2.24, 2.45) is 11.8 Å². The van der Waals surface area contributed by atoms with Gasteiger partial charge in [0.1, 0.15) is 0 Å². The molecule has 104 valence electrons. The molecule has 0 aromatic heterocycles. The summed E-state index contributed by atoms with van der Waals surface area (Å²) in [4.78, 5) is 22.6. The normalized spacial score (nSPS) is 20.9. The van der Waals surface area contributed by atoms with Crippen molar-refractivity contribution in [3.63, 3.8) is 0 Å². The lowest BCUT2D eigenvalue weighted by molar-refractivity contribution is -0.142. The van der Waals surface area contributed by atoms with Crippen LogP contribution in [-0.4, -0.2) is 36.2 Å². The molecule has 0 radical (unpaired) electrons. The van der Waals surface area contributed by atoms with Crippen molar-refractivity contribution in [1.82, 2.24) is 5.32 Å². The minimum absolute atomic E-state index is 0.0124. The highest BCUT2D eigenvalue weighted by atomic mass is 16.5. The second-order valence-corrected chi connectivity index (χ2v) is 5.31. The molecule has 0 aliphatic carbocycles. The molecule has 2 N–H and O–H groups in total. The number of carbonyl (C=O) groups excluding carboxylic acids is 1. The Morgan fingerprint density at radius 2 is 2.17 bits per heavy atom. The lowest BCUT2D eigenvalue weighted by Crippen LogP contribution is -2.35. The number of amides is 1. The molecule has 18 heavy (non-hydrogen) atoms. The van der Waals surface area contributed by atoms with Crippen LogP contribution in [0.25, 0.3) is 0 Å². The van der Waals surface area contributed by atoms with Crippen LogP contribution in [0, 0.1) is 11.8 Å². The molecule has 2 atom stereocenters. The maximum atomic E-state index is 11.6. The molecular weight excluding hydrogens is 234 g/mol. The largest absolute Gasteiger partial charge is 0.481 e. The van der Waals surface area contributed by atoms with Crippen molar-refractivity contribution >= 4 is 11.9 Å². The Kier molecular flexibility index (Phi) is 6.12. The Labute approximate surface area is 108 Å². The van der Waals surface area contributed by atoms with Crippen molar-refractivity contribution in [3.05, 3.63) is 0 Å². The predicted octanol–water partition coefficient (Wildman–Crippen LogP) is 1.42. The van der Waals surface area contributed by atoms with Crippen LogP contribution in [0.5, 0.6) is 0 Å². The molecule has 1 aliphatic rings. The fourth-order valence-corrected chi connectivity index (χ4v) is 2.16. The molecule has 1 heterocycles. The highest BCUT2D eigenvalue weighted by Crippen LogP contribution is 2.15. The number of rotatable bonds is 7. The van der Waals surface area contributed by atoms with Gasteiger partial charge in [0.05, 0.1) is 18.4 Å². The summed E-state index contributed by atoms with van der Waals surface area (Å²) < 4.78 is 5.37. The van der Waals surface area contributed by atoms with Crippen molar-refractivity contribution in [2.75, 3.05) is 13.2 Å². The molecule has 1 saturated heterocycles. The fourth-order valence-electron chi connectivity index (χ4n) is 2.16. The van der Waals surface area contributed by atoms with Crippen LogP contribution in [0.15, 0.2) is 0 Å². The highest BCUT2D eigenvalue weighted by molar-refractivity contribution is 5.77. The van der Waals surface area contributed by atoms with E-state index in [0.717, 1.165) is 19.4 Å². The van der Waals surface area contributed by atoms with Gasteiger partial charge in [-0.3, -0.25) is 9.59 Å². The summed E-state index contributed by atoms with van der Waals surface area (Å²) in [6.07, 6.45) is 2.85. The summed E-state index contributed by atoms with van der Waals surface area (Å²) in [5.41, 5.74) is 0. The number of hydrogen-bond acceptors (Lipinski definition) is 3. The first-order valence-corrected chi connectivity index (χ1v) is 6.60. The summed E-state index contributed by atoms with van der Waals surface area (Å²) in [7, 11) is 0. The molecule has 0 bridgehead atoms. The smallest absolute Gasteiger partial charge is 0.308 e. The van der Waals surface area contributed by atoms with Gasteiger partial charge in [-0.1, -0.05) is 13.8 Å². The zero-order valence-electron chi connectivity index (χ0n) is 11.1. The molecule has 0 spiro atoms. The van der Waals surface area contributed by atoms with Crippen molar-refractivity contribution in [1.29, 1.82) is 0 Å². The van der Waals surface area contributed by atoms with E-state index < -0.39 is 11.9 Å². The zero-order valence-corrected chi connectivity index (χ0v) is 11.1. The van der Waals surface area contributed by atoms with E-state index in [1.54, 1.807) is 0 Å². The van der Waals surface area contributed by atoms with Crippen molar-refractivity contribution in [2.45, 2.75) is 45.6 Å². The SMILES string of the molecule is CC(C)CC(CNC(=O)CC1CCCO1)C(=O)O. The van der Waals surface area contributed by atoms with Gasteiger partial charge in [0.25, 0.3) is 0 Å². The fraction of sp³-hybridized carbons (Fsp3) is 0.846. The first-order chi connectivity index (χ1) is 8.49. The van der Waals surface area contributed by atoms with Crippen molar-refractivity contribution in [3.8, 4) is 0 Å². The van der Waals surface area contributed by atoms with Gasteiger partial charge in [-0.05, 0) is 25.2 Å². The molecule has 2 unspecified atom stereocenters. The van der Waals surface area contributed by atoms with Crippen LogP contribution in [0.4, 0.5) is 0 Å². The number of carbonyl (C=O) groups is 2. The third-order valence-corrected chi connectivity index (χ3v) is 3.09. The number of aliphatic carboxylic acids is 1. The van der Waals surface area contributed by atoms with Crippen LogP contribution in [0.1, 0.15) is 39.5 Å². The van der Waals surface area contributed by atoms with E-state index in [4.69, 9.17) is 9.84 Å². The maximum Gasteiger partial charge on any atom is 0.308 e. The molecule has 1 aliphatic heterocycles. The summed E-state index contributed by atoms with van der Waals surface area (Å²) in [6.45, 7) is 4.89. The molecule has 1 rings (SSSR count). The minimum Gasteiger partial charge on any atom is -0.481 e. The van der Waals surface area contributed by atoms with Gasteiger partial charge >= 0.3 is 5.97 Å². The van der Waals surface area contributed by atoms with E-state index in [2.05, 4.69) is 5.32 Å². The number of carboxylic acids is 1. The molecule has 0 aromatic rings. The second-order valence-electron chi connectivity index (χ2n) is 5.31. The van der Waals surface area contributed by atoms with E-state index in [9.17, 15) is 9.59 Å². The quantitative estimate of drug-likeness (QED) is 0.723. The summed E-state index contributed by atoms with van der Waals surface area (Å²) >= 11 is 0. The lowest BCUT2D eigenvalue weighted by Gasteiger charge is -2.16. The third kappa shape index (κ3) is 5.49. The highest BCUT2D eigenvalue weighted by Gasteiger charge is 2.22. The summed E-state index contributed by atoms with van der Waals surface area (Å²) in [6, 6.07) is 0.